The summed E-state index contributed by atoms with van der Waals surface area (Å²) in [6.45, 7) is 7.21. The Morgan fingerprint density at radius 3 is 2.50 bits per heavy atom. The molecule has 0 spiro atoms. The van der Waals surface area contributed by atoms with Crippen LogP contribution in [0.1, 0.15) is 40.0 Å². The van der Waals surface area contributed by atoms with E-state index < -0.39 is 0 Å². The smallest absolute Gasteiger partial charge is 0.0233 e. The van der Waals surface area contributed by atoms with E-state index in [-0.39, 0.29) is 0 Å². The van der Waals surface area contributed by atoms with E-state index in [9.17, 15) is 0 Å². The molecule has 0 aliphatic heterocycles. The fourth-order valence-corrected chi connectivity index (χ4v) is 4.75. The maximum Gasteiger partial charge on any atom is -0.0233 e. The Morgan fingerprint density at radius 1 is 1.42 bits per heavy atom. The van der Waals surface area contributed by atoms with Gasteiger partial charge in [-0.15, -0.1) is 0 Å². The highest BCUT2D eigenvalue weighted by Crippen LogP contribution is 2.88. The van der Waals surface area contributed by atoms with Crippen molar-refractivity contribution in [1.29, 1.82) is 0 Å². The van der Waals surface area contributed by atoms with Crippen molar-refractivity contribution in [2.24, 2.45) is 35.0 Å². The SMILES string of the molecule is CCC1(CC(C)C)C2CC3C2C31. The van der Waals surface area contributed by atoms with E-state index in [1.54, 1.807) is 6.42 Å². The van der Waals surface area contributed by atoms with Crippen molar-refractivity contribution in [3.8, 4) is 0 Å². The Bertz CT molecular complexity index is 205. The molecule has 0 aromatic carbocycles. The molecule has 5 atom stereocenters. The third-order valence-corrected chi connectivity index (χ3v) is 5.07. The average Bonchev–Trinajstić information content (AvgIpc) is 2.34. The van der Waals surface area contributed by atoms with Gasteiger partial charge in [-0.2, -0.15) is 0 Å². The van der Waals surface area contributed by atoms with Crippen LogP contribution in [0.2, 0.25) is 0 Å². The van der Waals surface area contributed by atoms with Gasteiger partial charge in [-0.25, -0.2) is 0 Å². The quantitative estimate of drug-likeness (QED) is 0.600. The number of fused-ring (bicyclic) bond motifs is 1. The summed E-state index contributed by atoms with van der Waals surface area (Å²) >= 11 is 0. The van der Waals surface area contributed by atoms with Crippen molar-refractivity contribution in [3.63, 3.8) is 0 Å². The molecule has 0 aromatic rings. The molecule has 3 saturated carbocycles. The molecule has 0 radical (unpaired) electrons. The molecule has 0 nitrogen and oxygen atoms in total. The van der Waals surface area contributed by atoms with E-state index >= 15 is 0 Å². The highest BCUT2D eigenvalue weighted by molar-refractivity contribution is 5.30. The fraction of sp³-hybridized carbons (Fsp3) is 1.00. The van der Waals surface area contributed by atoms with Gasteiger partial charge in [-0.3, -0.25) is 0 Å². The molecule has 0 N–H and O–H groups in total. The predicted octanol–water partition coefficient (Wildman–Crippen LogP) is 3.32. The van der Waals surface area contributed by atoms with Gasteiger partial charge in [0.05, 0.1) is 0 Å². The lowest BCUT2D eigenvalue weighted by atomic mass is 9.55. The largest absolute Gasteiger partial charge is 0.0648 e. The molecule has 0 bridgehead atoms. The van der Waals surface area contributed by atoms with Crippen LogP contribution in [0.5, 0.6) is 0 Å². The molecule has 68 valence electrons. The minimum absolute atomic E-state index is 0.851. The predicted molar refractivity (Wildman–Crippen MR) is 50.8 cm³/mol. The summed E-state index contributed by atoms with van der Waals surface area (Å²) in [5.74, 6) is 5.76. The van der Waals surface area contributed by atoms with Gasteiger partial charge in [0.1, 0.15) is 0 Å². The first-order chi connectivity index (χ1) is 5.70. The summed E-state index contributed by atoms with van der Waals surface area (Å²) in [6.07, 6.45) is 4.59. The Balaban J connectivity index is 1.79. The topological polar surface area (TPSA) is 0 Å². The molecule has 3 rings (SSSR count). The molecular formula is C12H20. The van der Waals surface area contributed by atoms with Crippen molar-refractivity contribution >= 4 is 0 Å². The molecule has 0 heteroatoms. The number of hydrogen-bond acceptors (Lipinski definition) is 0. The van der Waals surface area contributed by atoms with E-state index in [2.05, 4.69) is 20.8 Å². The lowest BCUT2D eigenvalue weighted by molar-refractivity contribution is -0.0159. The summed E-state index contributed by atoms with van der Waals surface area (Å²) < 4.78 is 0. The van der Waals surface area contributed by atoms with Crippen LogP contribution in [0.3, 0.4) is 0 Å². The Kier molecular flexibility index (Phi) is 1.18. The zero-order chi connectivity index (χ0) is 8.51. The Labute approximate surface area is 75.7 Å². The van der Waals surface area contributed by atoms with Crippen LogP contribution in [-0.4, -0.2) is 0 Å². The van der Waals surface area contributed by atoms with Crippen molar-refractivity contribution in [2.45, 2.75) is 40.0 Å². The van der Waals surface area contributed by atoms with Crippen LogP contribution in [0.4, 0.5) is 0 Å². The number of rotatable bonds is 3. The molecule has 0 amide bonds. The van der Waals surface area contributed by atoms with Gasteiger partial charge in [0.25, 0.3) is 0 Å². The third-order valence-electron chi connectivity index (χ3n) is 5.07. The summed E-state index contributed by atoms with van der Waals surface area (Å²) in [5.41, 5.74) is 0.851. The lowest BCUT2D eigenvalue weighted by Crippen LogP contribution is -2.43. The maximum absolute atomic E-state index is 2.42. The summed E-state index contributed by atoms with van der Waals surface area (Å²) in [7, 11) is 0. The van der Waals surface area contributed by atoms with Crippen molar-refractivity contribution in [2.75, 3.05) is 0 Å². The summed E-state index contributed by atoms with van der Waals surface area (Å²) in [6, 6.07) is 0. The molecular weight excluding hydrogens is 144 g/mol. The molecule has 3 fully saturated rings. The van der Waals surface area contributed by atoms with E-state index in [1.165, 1.54) is 36.5 Å². The minimum Gasteiger partial charge on any atom is -0.0648 e. The first-order valence-electron chi connectivity index (χ1n) is 5.70. The van der Waals surface area contributed by atoms with Crippen molar-refractivity contribution in [1.82, 2.24) is 0 Å². The standard InChI is InChI=1S/C12H20/c1-4-12(6-7(2)3)9-5-8-10(9)11(8)12/h7-11H,4-6H2,1-3H3. The van der Waals surface area contributed by atoms with Gasteiger partial charge in [0.15, 0.2) is 0 Å². The van der Waals surface area contributed by atoms with E-state index in [0.29, 0.717) is 0 Å². The molecule has 3 aliphatic carbocycles. The Morgan fingerprint density at radius 2 is 2.17 bits per heavy atom. The van der Waals surface area contributed by atoms with Gasteiger partial charge in [0, 0.05) is 0 Å². The Hall–Kier alpha value is 0. The molecule has 0 aromatic heterocycles. The second kappa shape index (κ2) is 1.91. The molecule has 0 heterocycles. The van der Waals surface area contributed by atoms with Gasteiger partial charge < -0.3 is 0 Å². The van der Waals surface area contributed by atoms with Crippen LogP contribution >= 0.6 is 0 Å². The van der Waals surface area contributed by atoms with Gasteiger partial charge in [0.2, 0.25) is 0 Å². The average molecular weight is 164 g/mol. The molecule has 5 unspecified atom stereocenters. The van der Waals surface area contributed by atoms with Crippen LogP contribution < -0.4 is 0 Å². The molecule has 12 heavy (non-hydrogen) atoms. The second-order valence-corrected chi connectivity index (χ2v) is 5.79. The maximum atomic E-state index is 2.42. The van der Waals surface area contributed by atoms with Crippen LogP contribution in [-0.2, 0) is 0 Å². The summed E-state index contributed by atoms with van der Waals surface area (Å²) in [5, 5.41) is 0. The third kappa shape index (κ3) is 0.561. The number of hydrogen-bond donors (Lipinski definition) is 0. The summed E-state index contributed by atoms with van der Waals surface area (Å²) in [4.78, 5) is 0. The first kappa shape index (κ1) is 7.41. The van der Waals surface area contributed by atoms with Crippen LogP contribution in [0, 0.1) is 35.0 Å². The normalized spacial score (nSPS) is 59.0. The van der Waals surface area contributed by atoms with Gasteiger partial charge >= 0.3 is 0 Å². The van der Waals surface area contributed by atoms with Crippen LogP contribution in [0.25, 0.3) is 0 Å². The van der Waals surface area contributed by atoms with Crippen molar-refractivity contribution < 1.29 is 0 Å². The lowest BCUT2D eigenvalue weighted by Gasteiger charge is -2.50. The van der Waals surface area contributed by atoms with Gasteiger partial charge in [-0.05, 0) is 54.3 Å². The zero-order valence-corrected chi connectivity index (χ0v) is 8.51. The van der Waals surface area contributed by atoms with Gasteiger partial charge in [-0.1, -0.05) is 20.8 Å². The van der Waals surface area contributed by atoms with E-state index in [1.807, 2.05) is 0 Å². The van der Waals surface area contributed by atoms with E-state index in [0.717, 1.165) is 11.3 Å². The fourth-order valence-electron chi connectivity index (χ4n) is 4.75. The van der Waals surface area contributed by atoms with Crippen LogP contribution in [0.15, 0.2) is 0 Å². The van der Waals surface area contributed by atoms with Crippen molar-refractivity contribution in [3.05, 3.63) is 0 Å². The van der Waals surface area contributed by atoms with E-state index in [4.69, 9.17) is 0 Å². The minimum atomic E-state index is 0.851. The highest BCUT2D eigenvalue weighted by atomic mass is 14.9. The first-order valence-corrected chi connectivity index (χ1v) is 5.70. The highest BCUT2D eigenvalue weighted by Gasteiger charge is 2.82. The molecule has 3 aliphatic rings. The second-order valence-electron chi connectivity index (χ2n) is 5.79. The molecule has 0 saturated heterocycles. The monoisotopic (exact) mass is 164 g/mol. The zero-order valence-electron chi connectivity index (χ0n) is 8.51.